The summed E-state index contributed by atoms with van der Waals surface area (Å²) < 4.78 is 4.50. The van der Waals surface area contributed by atoms with Crippen molar-refractivity contribution in [3.05, 3.63) is 69.1 Å². The number of benzene rings is 2. The van der Waals surface area contributed by atoms with Crippen molar-refractivity contribution in [2.45, 2.75) is 6.42 Å². The molecule has 0 radical (unpaired) electrons. The highest BCUT2D eigenvalue weighted by atomic mass is 35.5. The molecule has 0 unspecified atom stereocenters. The molecule has 8 heteroatoms. The summed E-state index contributed by atoms with van der Waals surface area (Å²) in [5, 5.41) is 10.2. The maximum Gasteiger partial charge on any atom is 0.325 e. The Labute approximate surface area is 170 Å². The number of phenols is 1. The van der Waals surface area contributed by atoms with Gasteiger partial charge in [0.1, 0.15) is 12.3 Å². The summed E-state index contributed by atoms with van der Waals surface area (Å²) in [6, 6.07) is 12.5. The molecular weight excluding hydrogens is 402 g/mol. The fourth-order valence-electron chi connectivity index (χ4n) is 2.66. The molecule has 2 aromatic rings. The van der Waals surface area contributed by atoms with Crippen LogP contribution in [-0.4, -0.2) is 40.8 Å². The molecule has 0 aliphatic carbocycles. The lowest BCUT2D eigenvalue weighted by atomic mass is 10.0. The van der Waals surface area contributed by atoms with Crippen LogP contribution in [0.2, 0.25) is 5.02 Å². The van der Waals surface area contributed by atoms with Crippen molar-refractivity contribution in [1.29, 1.82) is 0 Å². The number of aromatic hydroxyl groups is 1. The van der Waals surface area contributed by atoms with Crippen LogP contribution in [0.3, 0.4) is 0 Å². The first-order valence-corrected chi connectivity index (χ1v) is 9.46. The number of halogens is 1. The number of phenolic OH excluding ortho intramolecular Hbond substituents is 1. The van der Waals surface area contributed by atoms with Crippen molar-refractivity contribution in [2.75, 3.05) is 13.7 Å². The van der Waals surface area contributed by atoms with Gasteiger partial charge in [0.05, 0.1) is 12.0 Å². The van der Waals surface area contributed by atoms with Crippen LogP contribution in [0.25, 0.3) is 6.08 Å². The second-order valence-electron chi connectivity index (χ2n) is 6.01. The Morgan fingerprint density at radius 2 is 2.00 bits per heavy atom. The summed E-state index contributed by atoms with van der Waals surface area (Å²) in [6.45, 7) is -0.447. The average Bonchev–Trinajstić information content (AvgIpc) is 2.93. The monoisotopic (exact) mass is 417 g/mol. The molecule has 1 N–H and O–H groups in total. The Morgan fingerprint density at radius 1 is 1.25 bits per heavy atom. The van der Waals surface area contributed by atoms with E-state index in [9.17, 15) is 19.5 Å². The normalized spacial score (nSPS) is 15.4. The molecule has 1 fully saturated rings. The number of methoxy groups -OCH3 is 1. The summed E-state index contributed by atoms with van der Waals surface area (Å²) in [7, 11) is 1.18. The highest BCUT2D eigenvalue weighted by Crippen LogP contribution is 2.34. The maximum absolute atomic E-state index is 12.4. The van der Waals surface area contributed by atoms with Gasteiger partial charge < -0.3 is 9.84 Å². The van der Waals surface area contributed by atoms with E-state index in [0.29, 0.717) is 28.8 Å². The van der Waals surface area contributed by atoms with Crippen molar-refractivity contribution in [3.8, 4) is 5.75 Å². The Balaban J connectivity index is 1.86. The number of amides is 2. The van der Waals surface area contributed by atoms with Gasteiger partial charge in [-0.1, -0.05) is 35.9 Å². The smallest absolute Gasteiger partial charge is 0.325 e. The van der Waals surface area contributed by atoms with Crippen molar-refractivity contribution in [1.82, 2.24) is 4.90 Å². The van der Waals surface area contributed by atoms with E-state index in [1.807, 2.05) is 18.2 Å². The fourth-order valence-corrected chi connectivity index (χ4v) is 3.69. The van der Waals surface area contributed by atoms with Crippen LogP contribution < -0.4 is 0 Å². The molecule has 1 heterocycles. The van der Waals surface area contributed by atoms with Gasteiger partial charge in [-0.05, 0) is 53.6 Å². The van der Waals surface area contributed by atoms with E-state index < -0.39 is 23.7 Å². The van der Waals surface area contributed by atoms with Crippen LogP contribution in [0.15, 0.2) is 47.4 Å². The SMILES string of the molecule is COC(=O)CN1C(=O)S/C(=C\c2cc(Cc3ccccc3Cl)ccc2O)C1=O. The van der Waals surface area contributed by atoms with Crippen molar-refractivity contribution in [3.63, 3.8) is 0 Å². The molecule has 1 saturated heterocycles. The van der Waals surface area contributed by atoms with Gasteiger partial charge >= 0.3 is 5.97 Å². The van der Waals surface area contributed by atoms with E-state index >= 15 is 0 Å². The Morgan fingerprint density at radius 3 is 2.71 bits per heavy atom. The second kappa shape index (κ2) is 8.50. The molecule has 1 aliphatic heterocycles. The van der Waals surface area contributed by atoms with Crippen LogP contribution in [0.1, 0.15) is 16.7 Å². The van der Waals surface area contributed by atoms with E-state index in [-0.39, 0.29) is 10.7 Å². The number of carbonyl (C=O) groups excluding carboxylic acids is 3. The fraction of sp³-hybridized carbons (Fsp3) is 0.150. The van der Waals surface area contributed by atoms with Gasteiger partial charge in [0.15, 0.2) is 0 Å². The summed E-state index contributed by atoms with van der Waals surface area (Å²) in [5.74, 6) is -1.31. The van der Waals surface area contributed by atoms with E-state index in [1.54, 1.807) is 18.2 Å². The first-order valence-electron chi connectivity index (χ1n) is 8.26. The highest BCUT2D eigenvalue weighted by molar-refractivity contribution is 8.18. The van der Waals surface area contributed by atoms with Gasteiger partial charge in [-0.2, -0.15) is 0 Å². The summed E-state index contributed by atoms with van der Waals surface area (Å²) in [6.07, 6.45) is 1.98. The molecular formula is C20H16ClNO5S. The minimum atomic E-state index is -0.687. The van der Waals surface area contributed by atoms with Crippen LogP contribution in [0, 0.1) is 0 Å². The lowest BCUT2D eigenvalue weighted by molar-refractivity contribution is -0.143. The predicted octanol–water partition coefficient (Wildman–Crippen LogP) is 3.85. The minimum Gasteiger partial charge on any atom is -0.507 e. The first-order chi connectivity index (χ1) is 13.4. The molecule has 0 saturated carbocycles. The average molecular weight is 418 g/mol. The molecule has 6 nitrogen and oxygen atoms in total. The van der Waals surface area contributed by atoms with Crippen LogP contribution in [0.5, 0.6) is 5.75 Å². The van der Waals surface area contributed by atoms with Crippen molar-refractivity contribution < 1.29 is 24.2 Å². The molecule has 2 aromatic carbocycles. The zero-order valence-electron chi connectivity index (χ0n) is 14.8. The molecule has 0 bridgehead atoms. The molecule has 1 aliphatic rings. The maximum atomic E-state index is 12.4. The van der Waals surface area contributed by atoms with Gasteiger partial charge in [0.2, 0.25) is 0 Å². The lowest BCUT2D eigenvalue weighted by Gasteiger charge is -2.10. The number of carbonyl (C=O) groups is 3. The molecule has 0 spiro atoms. The molecule has 0 aromatic heterocycles. The standard InChI is InChI=1S/C20H16ClNO5S/c1-27-18(24)11-22-19(25)17(28-20(22)26)10-14-9-12(6-7-16(14)23)8-13-4-2-3-5-15(13)21/h2-7,9-10,23H,8,11H2,1H3/b17-10-. The zero-order valence-corrected chi connectivity index (χ0v) is 16.4. The number of imide groups is 1. The van der Waals surface area contributed by atoms with Gasteiger partial charge in [-0.25, -0.2) is 0 Å². The second-order valence-corrected chi connectivity index (χ2v) is 7.41. The van der Waals surface area contributed by atoms with E-state index in [0.717, 1.165) is 16.0 Å². The number of esters is 1. The number of nitrogens with zero attached hydrogens (tertiary/aromatic N) is 1. The minimum absolute atomic E-state index is 0.0253. The van der Waals surface area contributed by atoms with Gasteiger partial charge in [-0.3, -0.25) is 19.3 Å². The number of hydrogen-bond donors (Lipinski definition) is 1. The molecule has 0 atom stereocenters. The number of thioether (sulfide) groups is 1. The predicted molar refractivity (Wildman–Crippen MR) is 107 cm³/mol. The van der Waals surface area contributed by atoms with E-state index in [1.165, 1.54) is 19.3 Å². The van der Waals surface area contributed by atoms with Crippen molar-refractivity contribution >= 4 is 46.6 Å². The number of rotatable bonds is 5. The first kappa shape index (κ1) is 20.0. The summed E-state index contributed by atoms with van der Waals surface area (Å²) >= 11 is 6.91. The van der Waals surface area contributed by atoms with E-state index in [2.05, 4.69) is 4.74 Å². The Kier molecular flexibility index (Phi) is 6.06. The van der Waals surface area contributed by atoms with Gasteiger partial charge in [0, 0.05) is 10.6 Å². The number of ether oxygens (including phenoxy) is 1. The Hall–Kier alpha value is -2.77. The third-order valence-electron chi connectivity index (χ3n) is 4.12. The summed E-state index contributed by atoms with van der Waals surface area (Å²) in [5.41, 5.74) is 2.21. The molecule has 28 heavy (non-hydrogen) atoms. The Bertz CT molecular complexity index is 988. The molecule has 144 valence electrons. The van der Waals surface area contributed by atoms with E-state index in [4.69, 9.17) is 11.6 Å². The van der Waals surface area contributed by atoms with Crippen molar-refractivity contribution in [2.24, 2.45) is 0 Å². The van der Waals surface area contributed by atoms with Crippen LogP contribution >= 0.6 is 23.4 Å². The lowest BCUT2D eigenvalue weighted by Crippen LogP contribution is -2.34. The third kappa shape index (κ3) is 4.37. The largest absolute Gasteiger partial charge is 0.507 e. The third-order valence-corrected chi connectivity index (χ3v) is 5.40. The zero-order chi connectivity index (χ0) is 20.3. The summed E-state index contributed by atoms with van der Waals surface area (Å²) in [4.78, 5) is 36.7. The highest BCUT2D eigenvalue weighted by Gasteiger charge is 2.36. The molecule has 2 amide bonds. The topological polar surface area (TPSA) is 83.9 Å². The van der Waals surface area contributed by atoms with Gasteiger partial charge in [-0.15, -0.1) is 0 Å². The van der Waals surface area contributed by atoms with Crippen LogP contribution in [0.4, 0.5) is 4.79 Å². The van der Waals surface area contributed by atoms with Crippen LogP contribution in [-0.2, 0) is 20.7 Å². The van der Waals surface area contributed by atoms with Gasteiger partial charge in [0.25, 0.3) is 11.1 Å². The molecule has 3 rings (SSSR count). The quantitative estimate of drug-likeness (QED) is 0.587. The number of hydrogen-bond acceptors (Lipinski definition) is 6.